The SMILES string of the molecule is COc1cc2nc(Nc3c(F)cccc3C(F)(F)F)c3cncn3c2cc1OC. The van der Waals surface area contributed by atoms with Crippen LogP contribution in [0.4, 0.5) is 29.1 Å². The van der Waals surface area contributed by atoms with Crippen molar-refractivity contribution in [1.29, 1.82) is 0 Å². The molecule has 0 radical (unpaired) electrons. The first-order chi connectivity index (χ1) is 13.8. The smallest absolute Gasteiger partial charge is 0.418 e. The van der Waals surface area contributed by atoms with E-state index in [0.717, 1.165) is 18.2 Å². The van der Waals surface area contributed by atoms with E-state index in [2.05, 4.69) is 15.3 Å². The Morgan fingerprint density at radius 3 is 2.45 bits per heavy atom. The number of hydrogen-bond donors (Lipinski definition) is 1. The predicted octanol–water partition coefficient (Wildman–Crippen LogP) is 4.80. The van der Waals surface area contributed by atoms with Crippen molar-refractivity contribution in [1.82, 2.24) is 14.4 Å². The number of anilines is 2. The topological polar surface area (TPSA) is 60.7 Å². The van der Waals surface area contributed by atoms with Crippen molar-refractivity contribution in [3.63, 3.8) is 0 Å². The minimum absolute atomic E-state index is 0.0119. The van der Waals surface area contributed by atoms with Gasteiger partial charge in [-0.1, -0.05) is 6.07 Å². The first-order valence-corrected chi connectivity index (χ1v) is 8.34. The molecule has 0 bridgehead atoms. The summed E-state index contributed by atoms with van der Waals surface area (Å²) in [6, 6.07) is 5.99. The molecule has 0 unspecified atom stereocenters. The number of alkyl halides is 3. The summed E-state index contributed by atoms with van der Waals surface area (Å²) in [6.07, 6.45) is -1.85. The van der Waals surface area contributed by atoms with E-state index in [0.29, 0.717) is 28.0 Å². The lowest BCUT2D eigenvalue weighted by molar-refractivity contribution is -0.137. The van der Waals surface area contributed by atoms with Crippen LogP contribution in [-0.4, -0.2) is 28.6 Å². The quantitative estimate of drug-likeness (QED) is 0.494. The molecule has 0 fully saturated rings. The number of imidazole rings is 1. The molecule has 2 heterocycles. The number of ether oxygens (including phenoxy) is 2. The van der Waals surface area contributed by atoms with Crippen LogP contribution in [0.3, 0.4) is 0 Å². The molecule has 29 heavy (non-hydrogen) atoms. The van der Waals surface area contributed by atoms with Crippen LogP contribution in [0.2, 0.25) is 0 Å². The zero-order valence-electron chi connectivity index (χ0n) is 15.2. The van der Waals surface area contributed by atoms with E-state index in [9.17, 15) is 17.6 Å². The second-order valence-corrected chi connectivity index (χ2v) is 6.09. The van der Waals surface area contributed by atoms with Gasteiger partial charge in [-0.05, 0) is 12.1 Å². The number of fused-ring (bicyclic) bond motifs is 3. The van der Waals surface area contributed by atoms with Crippen molar-refractivity contribution in [2.45, 2.75) is 6.18 Å². The summed E-state index contributed by atoms with van der Waals surface area (Å²) in [6.45, 7) is 0. The first kappa shape index (κ1) is 18.8. The molecule has 0 aliphatic carbocycles. The van der Waals surface area contributed by atoms with Crippen LogP contribution in [0.1, 0.15) is 5.56 Å². The molecule has 10 heteroatoms. The molecule has 150 valence electrons. The normalized spacial score (nSPS) is 11.8. The Bertz CT molecular complexity index is 1220. The molecule has 0 aliphatic rings. The highest BCUT2D eigenvalue weighted by Crippen LogP contribution is 2.39. The molecule has 2 aromatic heterocycles. The average molecular weight is 406 g/mol. The predicted molar refractivity (Wildman–Crippen MR) is 98.3 cm³/mol. The van der Waals surface area contributed by atoms with Gasteiger partial charge in [-0.15, -0.1) is 0 Å². The number of nitrogens with zero attached hydrogens (tertiary/aromatic N) is 3. The van der Waals surface area contributed by atoms with E-state index in [1.807, 2.05) is 0 Å². The summed E-state index contributed by atoms with van der Waals surface area (Å²) in [5.74, 6) is -0.199. The molecule has 0 saturated heterocycles. The lowest BCUT2D eigenvalue weighted by Crippen LogP contribution is -2.11. The van der Waals surface area contributed by atoms with Gasteiger partial charge in [0.1, 0.15) is 11.3 Å². The van der Waals surface area contributed by atoms with Gasteiger partial charge in [0.05, 0.1) is 49.0 Å². The molecule has 0 spiro atoms. The summed E-state index contributed by atoms with van der Waals surface area (Å²) in [5, 5.41) is 2.50. The molecule has 2 aromatic carbocycles. The van der Waals surface area contributed by atoms with Crippen LogP contribution in [0.25, 0.3) is 16.6 Å². The second-order valence-electron chi connectivity index (χ2n) is 6.09. The summed E-state index contributed by atoms with van der Waals surface area (Å²) in [5.41, 5.74) is -0.508. The van der Waals surface area contributed by atoms with Crippen LogP contribution in [0.15, 0.2) is 42.9 Å². The maximum absolute atomic E-state index is 14.3. The van der Waals surface area contributed by atoms with Crippen molar-refractivity contribution in [3.05, 3.63) is 54.2 Å². The zero-order valence-corrected chi connectivity index (χ0v) is 15.2. The Hall–Kier alpha value is -3.56. The third-order valence-electron chi connectivity index (χ3n) is 4.42. The monoisotopic (exact) mass is 406 g/mol. The largest absolute Gasteiger partial charge is 0.493 e. The first-order valence-electron chi connectivity index (χ1n) is 8.34. The molecular weight excluding hydrogens is 392 g/mol. The van der Waals surface area contributed by atoms with Gasteiger partial charge in [-0.25, -0.2) is 14.4 Å². The van der Waals surface area contributed by atoms with Crippen LogP contribution in [0.5, 0.6) is 11.5 Å². The van der Waals surface area contributed by atoms with Crippen molar-refractivity contribution < 1.29 is 27.0 Å². The van der Waals surface area contributed by atoms with Crippen molar-refractivity contribution in [3.8, 4) is 11.5 Å². The number of para-hydroxylation sites is 1. The molecule has 1 N–H and O–H groups in total. The van der Waals surface area contributed by atoms with Gasteiger partial charge in [0.25, 0.3) is 0 Å². The molecule has 0 aliphatic heterocycles. The van der Waals surface area contributed by atoms with Gasteiger partial charge in [0.2, 0.25) is 0 Å². The molecule has 0 amide bonds. The number of nitrogens with one attached hydrogen (secondary N) is 1. The van der Waals surface area contributed by atoms with Gasteiger partial charge < -0.3 is 14.8 Å². The van der Waals surface area contributed by atoms with E-state index in [1.54, 1.807) is 16.5 Å². The number of hydrogen-bond acceptors (Lipinski definition) is 5. The number of methoxy groups -OCH3 is 2. The van der Waals surface area contributed by atoms with Crippen molar-refractivity contribution >= 4 is 28.1 Å². The molecule has 6 nitrogen and oxygen atoms in total. The highest BCUT2D eigenvalue weighted by molar-refractivity contribution is 5.88. The minimum Gasteiger partial charge on any atom is -0.493 e. The maximum Gasteiger partial charge on any atom is 0.418 e. The number of benzene rings is 2. The fourth-order valence-electron chi connectivity index (χ4n) is 3.08. The van der Waals surface area contributed by atoms with Gasteiger partial charge in [-0.3, -0.25) is 4.40 Å². The summed E-state index contributed by atoms with van der Waals surface area (Å²) in [7, 11) is 2.93. The third kappa shape index (κ3) is 3.16. The molecule has 4 rings (SSSR count). The van der Waals surface area contributed by atoms with Crippen molar-refractivity contribution in [2.75, 3.05) is 19.5 Å². The fourth-order valence-corrected chi connectivity index (χ4v) is 3.08. The molecular formula is C19H14F4N4O2. The van der Waals surface area contributed by atoms with Gasteiger partial charge in [0.15, 0.2) is 17.3 Å². The average Bonchev–Trinajstić information content (AvgIpc) is 3.18. The number of aromatic nitrogens is 3. The summed E-state index contributed by atoms with van der Waals surface area (Å²) < 4.78 is 66.5. The number of halogens is 4. The Morgan fingerprint density at radius 1 is 1.03 bits per heavy atom. The Labute approximate surface area is 161 Å². The van der Waals surface area contributed by atoms with Crippen LogP contribution < -0.4 is 14.8 Å². The highest BCUT2D eigenvalue weighted by Gasteiger charge is 2.35. The lowest BCUT2D eigenvalue weighted by atomic mass is 10.1. The Morgan fingerprint density at radius 2 is 1.76 bits per heavy atom. The number of rotatable bonds is 4. The molecule has 0 atom stereocenters. The zero-order chi connectivity index (χ0) is 20.8. The van der Waals surface area contributed by atoms with Crippen LogP contribution in [0, 0.1) is 5.82 Å². The summed E-state index contributed by atoms with van der Waals surface area (Å²) >= 11 is 0. The maximum atomic E-state index is 14.3. The van der Waals surface area contributed by atoms with Gasteiger partial charge in [-0.2, -0.15) is 13.2 Å². The highest BCUT2D eigenvalue weighted by atomic mass is 19.4. The second kappa shape index (κ2) is 6.80. The standard InChI is InChI=1S/C19H14F4N4O2/c1-28-15-6-12-13(7-16(15)29-2)27-9-24-8-14(27)18(25-12)26-17-10(19(21,22)23)4-3-5-11(17)20/h3-9H,1-2H3,(H,25,26). The summed E-state index contributed by atoms with van der Waals surface area (Å²) in [4.78, 5) is 8.42. The van der Waals surface area contributed by atoms with E-state index in [-0.39, 0.29) is 5.82 Å². The minimum atomic E-state index is -4.74. The van der Waals surface area contributed by atoms with E-state index >= 15 is 0 Å². The van der Waals surface area contributed by atoms with Crippen molar-refractivity contribution in [2.24, 2.45) is 0 Å². The van der Waals surface area contributed by atoms with E-state index in [4.69, 9.17) is 9.47 Å². The van der Waals surface area contributed by atoms with Gasteiger partial charge >= 0.3 is 6.18 Å². The van der Waals surface area contributed by atoms with Crippen LogP contribution >= 0.6 is 0 Å². The van der Waals surface area contributed by atoms with Gasteiger partial charge in [0, 0.05) is 12.1 Å². The van der Waals surface area contributed by atoms with Crippen LogP contribution in [-0.2, 0) is 6.18 Å². The molecule has 4 aromatic rings. The Kier molecular flexibility index (Phi) is 4.40. The third-order valence-corrected chi connectivity index (χ3v) is 4.42. The molecule has 0 saturated carbocycles. The van der Waals surface area contributed by atoms with E-state index < -0.39 is 23.2 Å². The lowest BCUT2D eigenvalue weighted by Gasteiger charge is -2.16. The van der Waals surface area contributed by atoms with E-state index in [1.165, 1.54) is 26.7 Å². The Balaban J connectivity index is 1.95. The fraction of sp³-hybridized carbons (Fsp3) is 0.158.